The molecule has 1 aliphatic carbocycles. The number of carboxylic acids is 1. The van der Waals surface area contributed by atoms with Gasteiger partial charge in [0.2, 0.25) is 5.43 Å². The summed E-state index contributed by atoms with van der Waals surface area (Å²) < 4.78 is 33.5. The van der Waals surface area contributed by atoms with E-state index >= 15 is 0 Å². The quantitative estimate of drug-likeness (QED) is 0.838. The van der Waals surface area contributed by atoms with Gasteiger partial charge in [0.05, 0.1) is 35.8 Å². The van der Waals surface area contributed by atoms with Gasteiger partial charge in [-0.3, -0.25) is 4.79 Å². The zero-order valence-electron chi connectivity index (χ0n) is 11.4. The van der Waals surface area contributed by atoms with Crippen LogP contribution in [0.1, 0.15) is 22.8 Å². The highest BCUT2D eigenvalue weighted by atomic mass is 19.1. The molecule has 22 heavy (non-hydrogen) atoms. The van der Waals surface area contributed by atoms with Gasteiger partial charge < -0.3 is 20.1 Å². The number of aromatic carboxylic acids is 1. The fourth-order valence-corrected chi connectivity index (χ4v) is 2.45. The number of rotatable bonds is 3. The summed E-state index contributed by atoms with van der Waals surface area (Å²) in [4.78, 5) is 23.5. The van der Waals surface area contributed by atoms with E-state index in [1.54, 1.807) is 0 Å². The average Bonchev–Trinajstić information content (AvgIpc) is 3.19. The highest BCUT2D eigenvalue weighted by Crippen LogP contribution is 2.43. The van der Waals surface area contributed by atoms with E-state index in [1.165, 1.54) is 11.7 Å². The molecule has 1 aliphatic rings. The number of hydrogen-bond acceptors (Lipinski definition) is 4. The Kier molecular flexibility index (Phi) is 3.05. The lowest BCUT2D eigenvalue weighted by Crippen LogP contribution is -2.21. The number of alkyl halides is 1. The van der Waals surface area contributed by atoms with Crippen molar-refractivity contribution in [1.82, 2.24) is 4.57 Å². The monoisotopic (exact) mass is 309 g/mol. The first kappa shape index (κ1) is 14.3. The number of carbonyl (C=O) groups is 1. The molecule has 8 heteroatoms. The second kappa shape index (κ2) is 4.69. The molecule has 3 rings (SSSR count). The Bertz CT molecular complexity index is 862. The van der Waals surface area contributed by atoms with Gasteiger partial charge in [-0.2, -0.15) is 0 Å². The first-order valence-corrected chi connectivity index (χ1v) is 6.37. The summed E-state index contributed by atoms with van der Waals surface area (Å²) in [6.45, 7) is 0. The Morgan fingerprint density at radius 3 is 2.73 bits per heavy atom. The zero-order chi connectivity index (χ0) is 16.2. The summed E-state index contributed by atoms with van der Waals surface area (Å²) in [5, 5.41) is 8.78. The molecular formula is C14H11F2N2O4. The molecule has 0 aliphatic heterocycles. The Labute approximate surface area is 122 Å². The van der Waals surface area contributed by atoms with E-state index in [0.717, 1.165) is 6.20 Å². The van der Waals surface area contributed by atoms with Crippen LogP contribution in [0.2, 0.25) is 0 Å². The molecule has 115 valence electrons. The van der Waals surface area contributed by atoms with E-state index in [9.17, 15) is 18.4 Å². The van der Waals surface area contributed by atoms with Crippen LogP contribution in [-0.2, 0) is 0 Å². The number of nitrogen functional groups attached to an aromatic ring is 1. The molecule has 1 aromatic heterocycles. The van der Waals surface area contributed by atoms with Gasteiger partial charge in [0.1, 0.15) is 11.7 Å². The maximum Gasteiger partial charge on any atom is 0.341 e. The second-order valence-corrected chi connectivity index (χ2v) is 5.01. The fraction of sp³-hybridized carbons (Fsp3) is 0.286. The van der Waals surface area contributed by atoms with Crippen LogP contribution in [0.15, 0.2) is 11.0 Å². The minimum absolute atomic E-state index is 0.0431. The maximum atomic E-state index is 13.8. The fourth-order valence-electron chi connectivity index (χ4n) is 2.45. The predicted octanol–water partition coefficient (Wildman–Crippen LogP) is 1.51. The third kappa shape index (κ3) is 1.91. The van der Waals surface area contributed by atoms with Crippen molar-refractivity contribution in [3.63, 3.8) is 0 Å². The lowest BCUT2D eigenvalue weighted by atomic mass is 10.1. The van der Waals surface area contributed by atoms with E-state index < -0.39 is 40.7 Å². The van der Waals surface area contributed by atoms with Crippen molar-refractivity contribution in [2.45, 2.75) is 18.6 Å². The van der Waals surface area contributed by atoms with Gasteiger partial charge in [0.15, 0.2) is 11.6 Å². The van der Waals surface area contributed by atoms with Crippen LogP contribution in [-0.4, -0.2) is 28.9 Å². The number of ether oxygens (including phenoxy) is 1. The van der Waals surface area contributed by atoms with Crippen molar-refractivity contribution < 1.29 is 23.4 Å². The van der Waals surface area contributed by atoms with Gasteiger partial charge >= 0.3 is 5.97 Å². The number of nitrogens with zero attached hydrogens (tertiary/aromatic N) is 1. The van der Waals surface area contributed by atoms with Crippen LogP contribution in [0.25, 0.3) is 10.9 Å². The molecule has 1 heterocycles. The van der Waals surface area contributed by atoms with Crippen LogP contribution in [0, 0.1) is 11.9 Å². The number of benzene rings is 1. The molecule has 0 saturated heterocycles. The van der Waals surface area contributed by atoms with Crippen molar-refractivity contribution in [3.05, 3.63) is 33.9 Å². The van der Waals surface area contributed by atoms with Crippen molar-refractivity contribution >= 4 is 22.6 Å². The van der Waals surface area contributed by atoms with Crippen LogP contribution in [0.3, 0.4) is 0 Å². The summed E-state index contributed by atoms with van der Waals surface area (Å²) >= 11 is 0. The first-order chi connectivity index (χ1) is 10.4. The summed E-state index contributed by atoms with van der Waals surface area (Å²) in [6.07, 6.45) is 0.0194. The minimum atomic E-state index is -1.50. The van der Waals surface area contributed by atoms with Gasteiger partial charge in [0, 0.05) is 12.6 Å². The lowest BCUT2D eigenvalue weighted by molar-refractivity contribution is 0.0694. The number of aromatic nitrogens is 1. The van der Waals surface area contributed by atoms with Crippen LogP contribution in [0.5, 0.6) is 5.75 Å². The molecule has 2 aromatic rings. The van der Waals surface area contributed by atoms with Crippen molar-refractivity contribution in [3.8, 4) is 5.75 Å². The average molecular weight is 309 g/mol. The molecule has 2 atom stereocenters. The number of halogens is 2. The van der Waals surface area contributed by atoms with Crippen LogP contribution >= 0.6 is 0 Å². The molecule has 0 unspecified atom stereocenters. The van der Waals surface area contributed by atoms with Gasteiger partial charge in [-0.05, 0) is 0 Å². The minimum Gasteiger partial charge on any atom is -0.494 e. The number of anilines is 1. The smallest absolute Gasteiger partial charge is 0.341 e. The number of methoxy groups -OCH3 is 1. The molecule has 0 amide bonds. The van der Waals surface area contributed by atoms with Gasteiger partial charge in [-0.25, -0.2) is 13.6 Å². The van der Waals surface area contributed by atoms with Crippen LogP contribution in [0.4, 0.5) is 14.5 Å². The number of pyridine rings is 1. The largest absolute Gasteiger partial charge is 0.494 e. The first-order valence-electron chi connectivity index (χ1n) is 6.37. The molecule has 6 nitrogen and oxygen atoms in total. The van der Waals surface area contributed by atoms with E-state index in [2.05, 4.69) is 6.07 Å². The van der Waals surface area contributed by atoms with Gasteiger partial charge in [-0.1, -0.05) is 0 Å². The van der Waals surface area contributed by atoms with Crippen molar-refractivity contribution in [1.29, 1.82) is 0 Å². The highest BCUT2D eigenvalue weighted by molar-refractivity contribution is 5.99. The Morgan fingerprint density at radius 1 is 1.59 bits per heavy atom. The predicted molar refractivity (Wildman–Crippen MR) is 73.5 cm³/mol. The molecule has 1 radical (unpaired) electrons. The molecule has 0 spiro atoms. The topological polar surface area (TPSA) is 94.6 Å². The van der Waals surface area contributed by atoms with Crippen LogP contribution < -0.4 is 15.9 Å². The number of carboxylic acid groups (broad SMARTS) is 1. The maximum absolute atomic E-state index is 13.8. The third-order valence-electron chi connectivity index (χ3n) is 3.65. The number of hydrogen-bond donors (Lipinski definition) is 2. The Morgan fingerprint density at radius 2 is 2.23 bits per heavy atom. The molecule has 1 aromatic carbocycles. The molecule has 0 bridgehead atoms. The number of nitrogens with two attached hydrogens (primary N) is 1. The SMILES string of the molecule is COc1[c]c(F)c(N)c2c(=O)c(C(=O)O)cn([C@@H]3C[C@H]3F)c12. The second-order valence-electron chi connectivity index (χ2n) is 5.01. The summed E-state index contributed by atoms with van der Waals surface area (Å²) in [5.74, 6) is -2.65. The standard InChI is InChI=1S/C14H11F2N2O4/c1-22-9-3-7(16)11(17)10-12(9)18(8-2-6(8)15)4-5(13(10)19)14(20)21/h4,6,8H,2,17H2,1H3,(H,20,21)/t6-,8-/m1/s1. The Balaban J connectivity index is 2.52. The molecule has 1 saturated carbocycles. The summed E-state index contributed by atoms with van der Waals surface area (Å²) in [7, 11) is 1.24. The third-order valence-corrected chi connectivity index (χ3v) is 3.65. The highest BCUT2D eigenvalue weighted by Gasteiger charge is 2.41. The lowest BCUT2D eigenvalue weighted by Gasteiger charge is -2.15. The molecular weight excluding hydrogens is 298 g/mol. The van der Waals surface area contributed by atoms with E-state index in [4.69, 9.17) is 15.6 Å². The van der Waals surface area contributed by atoms with E-state index in [-0.39, 0.29) is 23.1 Å². The Hall–Kier alpha value is -2.64. The molecule has 3 N–H and O–H groups in total. The van der Waals surface area contributed by atoms with Crippen molar-refractivity contribution in [2.75, 3.05) is 12.8 Å². The zero-order valence-corrected chi connectivity index (χ0v) is 11.4. The van der Waals surface area contributed by atoms with E-state index in [1.807, 2.05) is 0 Å². The van der Waals surface area contributed by atoms with Gasteiger partial charge in [0.25, 0.3) is 0 Å². The van der Waals surface area contributed by atoms with Gasteiger partial charge in [-0.15, -0.1) is 0 Å². The summed E-state index contributed by atoms with van der Waals surface area (Å²) in [5.41, 5.74) is 3.53. The van der Waals surface area contributed by atoms with E-state index in [0.29, 0.717) is 0 Å². The number of fused-ring (bicyclic) bond motifs is 1. The van der Waals surface area contributed by atoms with Crippen molar-refractivity contribution in [2.24, 2.45) is 0 Å². The summed E-state index contributed by atoms with van der Waals surface area (Å²) in [6, 6.07) is 1.59. The molecule has 1 fully saturated rings. The normalized spacial score (nSPS) is 20.1.